The van der Waals surface area contributed by atoms with Gasteiger partial charge in [0.1, 0.15) is 12.1 Å². The average Bonchev–Trinajstić information content (AvgIpc) is 3.02. The van der Waals surface area contributed by atoms with Crippen molar-refractivity contribution in [2.75, 3.05) is 13.2 Å². The number of carbonyl (C=O) groups excluding carboxylic acids is 3. The normalized spacial score (nSPS) is 13.1. The monoisotopic (exact) mass is 632 g/mol. The van der Waals surface area contributed by atoms with E-state index in [1.807, 2.05) is 0 Å². The van der Waals surface area contributed by atoms with E-state index in [4.69, 9.17) is 14.9 Å². The van der Waals surface area contributed by atoms with Gasteiger partial charge in [-0.3, -0.25) is 14.4 Å². The number of allylic oxidation sites excluding steroid dienone is 8. The maximum Gasteiger partial charge on any atom is 0.328 e. The first-order valence-electron chi connectivity index (χ1n) is 17.0. The van der Waals surface area contributed by atoms with Crippen LogP contribution in [0.15, 0.2) is 48.6 Å². The maximum absolute atomic E-state index is 12.5. The number of carboxylic acids is 1. The highest BCUT2D eigenvalue weighted by atomic mass is 16.5. The summed E-state index contributed by atoms with van der Waals surface area (Å²) in [6, 6.07) is -1.39. The lowest BCUT2D eigenvalue weighted by Gasteiger charge is -2.18. The van der Waals surface area contributed by atoms with Crippen molar-refractivity contribution >= 4 is 23.8 Å². The molecule has 0 aliphatic heterocycles. The highest BCUT2D eigenvalue weighted by Crippen LogP contribution is 2.17. The Balaban J connectivity index is 4.19. The number of aliphatic carboxylic acids is 1. The zero-order chi connectivity index (χ0) is 33.4. The van der Waals surface area contributed by atoms with Gasteiger partial charge in [-0.05, 0) is 77.0 Å². The smallest absolute Gasteiger partial charge is 0.328 e. The molecule has 0 aromatic carbocycles. The fraction of sp³-hybridized carbons (Fsp3) is 0.667. The molecule has 9 heteroatoms. The molecule has 0 aliphatic rings. The topological polar surface area (TPSA) is 142 Å². The minimum atomic E-state index is -1.39. The van der Waals surface area contributed by atoms with Crippen LogP contribution in [0.25, 0.3) is 0 Å². The predicted octanol–water partition coefficient (Wildman–Crippen LogP) is 6.86. The zero-order valence-electron chi connectivity index (χ0n) is 27.9. The van der Waals surface area contributed by atoms with E-state index in [2.05, 4.69) is 73.1 Å². The van der Waals surface area contributed by atoms with Crippen molar-refractivity contribution in [3.05, 3.63) is 48.6 Å². The predicted molar refractivity (Wildman–Crippen MR) is 181 cm³/mol. The number of aliphatic hydroxyl groups excluding tert-OH is 1. The summed E-state index contributed by atoms with van der Waals surface area (Å²) in [6.45, 7) is 3.23. The second-order valence-electron chi connectivity index (χ2n) is 11.2. The van der Waals surface area contributed by atoms with E-state index in [9.17, 15) is 19.2 Å². The molecule has 2 unspecified atom stereocenters. The average molecular weight is 633 g/mol. The molecule has 0 saturated carbocycles. The molecule has 0 aliphatic carbocycles. The van der Waals surface area contributed by atoms with Gasteiger partial charge in [-0.1, -0.05) is 88.1 Å². The first-order valence-corrected chi connectivity index (χ1v) is 17.0. The minimum absolute atomic E-state index is 0.102. The van der Waals surface area contributed by atoms with Crippen molar-refractivity contribution < 1.29 is 34.1 Å². The quantitative estimate of drug-likeness (QED) is 0.0401. The molecule has 4 N–H and O–H groups in total. The molecule has 0 bridgehead atoms. The van der Waals surface area contributed by atoms with E-state index >= 15 is 0 Å². The molecule has 0 aromatic rings. The van der Waals surface area contributed by atoms with Crippen LogP contribution in [0.1, 0.15) is 129 Å². The van der Waals surface area contributed by atoms with Gasteiger partial charge in [-0.2, -0.15) is 0 Å². The molecule has 0 spiro atoms. The third-order valence-corrected chi connectivity index (χ3v) is 7.09. The van der Waals surface area contributed by atoms with Crippen LogP contribution < -0.4 is 10.6 Å². The summed E-state index contributed by atoms with van der Waals surface area (Å²) in [7, 11) is 0. The molecule has 0 aromatic heterocycles. The molecule has 2 amide bonds. The number of aliphatic hydroxyl groups is 1. The van der Waals surface area contributed by atoms with Crippen LogP contribution in [0.5, 0.6) is 0 Å². The summed E-state index contributed by atoms with van der Waals surface area (Å²) in [6.07, 6.45) is 33.1. The standard InChI is InChI=1S/C36H60N2O7/c1-3-5-7-9-10-11-12-13-14-15-16-17-18-19-24-28-35(42)45-31(25-21-8-6-4-2)26-22-20-23-27-33(40)37-29-34(41)38-32(30-39)36(43)44/h5,7,10-11,13-14,16-17,31-32,39H,3-4,6,8-9,12,15,18-30H2,1-2H3,(H,37,40)(H,38,41)(H,43,44)/b7-5-,11-10-,14-13-,17-16-. The summed E-state index contributed by atoms with van der Waals surface area (Å²) in [5.41, 5.74) is 0. The summed E-state index contributed by atoms with van der Waals surface area (Å²) in [5.74, 6) is -2.45. The largest absolute Gasteiger partial charge is 0.480 e. The Morgan fingerprint density at radius 2 is 1.27 bits per heavy atom. The van der Waals surface area contributed by atoms with E-state index in [1.54, 1.807) is 0 Å². The van der Waals surface area contributed by atoms with Gasteiger partial charge >= 0.3 is 11.9 Å². The van der Waals surface area contributed by atoms with Crippen LogP contribution in [0, 0.1) is 0 Å². The Kier molecular flexibility index (Phi) is 28.6. The lowest BCUT2D eigenvalue weighted by Crippen LogP contribution is -2.47. The van der Waals surface area contributed by atoms with Crippen LogP contribution in [0.2, 0.25) is 0 Å². The number of nitrogens with one attached hydrogen (secondary N) is 2. The number of hydrogen-bond acceptors (Lipinski definition) is 6. The van der Waals surface area contributed by atoms with Gasteiger partial charge < -0.3 is 25.6 Å². The molecule has 0 saturated heterocycles. The summed E-state index contributed by atoms with van der Waals surface area (Å²) >= 11 is 0. The Morgan fingerprint density at radius 3 is 1.84 bits per heavy atom. The van der Waals surface area contributed by atoms with Crippen molar-refractivity contribution in [3.8, 4) is 0 Å². The molecular weight excluding hydrogens is 572 g/mol. The Labute approximate surface area is 271 Å². The first-order chi connectivity index (χ1) is 21.8. The third kappa shape index (κ3) is 28.0. The number of rotatable bonds is 29. The van der Waals surface area contributed by atoms with Crippen LogP contribution in [-0.4, -0.2) is 59.3 Å². The fourth-order valence-corrected chi connectivity index (χ4v) is 4.47. The van der Waals surface area contributed by atoms with Gasteiger partial charge in [0, 0.05) is 12.8 Å². The molecule has 2 atom stereocenters. The second-order valence-corrected chi connectivity index (χ2v) is 11.2. The maximum atomic E-state index is 12.5. The molecule has 0 rings (SSSR count). The Bertz CT molecular complexity index is 911. The van der Waals surface area contributed by atoms with Crippen LogP contribution >= 0.6 is 0 Å². The second kappa shape index (κ2) is 30.8. The van der Waals surface area contributed by atoms with Gasteiger partial charge in [0.05, 0.1) is 13.2 Å². The molecule has 0 heterocycles. The zero-order valence-corrected chi connectivity index (χ0v) is 27.9. The number of unbranched alkanes of at least 4 members (excludes halogenated alkanes) is 7. The number of hydrogen-bond donors (Lipinski definition) is 4. The Morgan fingerprint density at radius 1 is 0.689 bits per heavy atom. The SMILES string of the molecule is CC/C=C\C/C=C\C/C=C\C/C=C\CCCCC(=O)OC(CCCCCC)CCCCCC(=O)NCC(=O)NC(CO)C(=O)O. The van der Waals surface area contributed by atoms with Crippen LogP contribution in [-0.2, 0) is 23.9 Å². The van der Waals surface area contributed by atoms with E-state index in [-0.39, 0.29) is 30.9 Å². The molecular formula is C36H60N2O7. The van der Waals surface area contributed by atoms with Crippen LogP contribution in [0.4, 0.5) is 0 Å². The van der Waals surface area contributed by atoms with Crippen molar-refractivity contribution in [1.82, 2.24) is 10.6 Å². The van der Waals surface area contributed by atoms with Gasteiger partial charge in [0.15, 0.2) is 0 Å². The summed E-state index contributed by atoms with van der Waals surface area (Å²) in [5, 5.41) is 22.4. The molecule has 9 nitrogen and oxygen atoms in total. The molecule has 256 valence electrons. The lowest BCUT2D eigenvalue weighted by molar-refractivity contribution is -0.150. The number of ether oxygens (including phenoxy) is 1. The summed E-state index contributed by atoms with van der Waals surface area (Å²) in [4.78, 5) is 47.1. The number of carbonyl (C=O) groups is 4. The van der Waals surface area contributed by atoms with E-state index < -0.39 is 24.5 Å². The number of carboxylic acid groups (broad SMARTS) is 1. The van der Waals surface area contributed by atoms with Crippen molar-refractivity contribution in [3.63, 3.8) is 0 Å². The van der Waals surface area contributed by atoms with Crippen LogP contribution in [0.3, 0.4) is 0 Å². The fourth-order valence-electron chi connectivity index (χ4n) is 4.47. The summed E-state index contributed by atoms with van der Waals surface area (Å²) < 4.78 is 5.84. The van der Waals surface area contributed by atoms with Crippen molar-refractivity contribution in [2.24, 2.45) is 0 Å². The number of esters is 1. The van der Waals surface area contributed by atoms with Crippen molar-refractivity contribution in [2.45, 2.75) is 142 Å². The highest BCUT2D eigenvalue weighted by molar-refractivity contribution is 5.87. The van der Waals surface area contributed by atoms with Gasteiger partial charge in [0.25, 0.3) is 0 Å². The number of amides is 2. The molecule has 45 heavy (non-hydrogen) atoms. The Hall–Kier alpha value is -3.20. The molecule has 0 fully saturated rings. The van der Waals surface area contributed by atoms with Gasteiger partial charge in [-0.15, -0.1) is 0 Å². The van der Waals surface area contributed by atoms with E-state index in [0.717, 1.165) is 89.9 Å². The van der Waals surface area contributed by atoms with Crippen molar-refractivity contribution in [1.29, 1.82) is 0 Å². The lowest BCUT2D eigenvalue weighted by atomic mass is 10.0. The first kappa shape index (κ1) is 41.8. The highest BCUT2D eigenvalue weighted by Gasteiger charge is 2.19. The molecule has 0 radical (unpaired) electrons. The van der Waals surface area contributed by atoms with Gasteiger partial charge in [-0.25, -0.2) is 4.79 Å². The van der Waals surface area contributed by atoms with Gasteiger partial charge in [0.2, 0.25) is 11.8 Å². The van der Waals surface area contributed by atoms with E-state index in [1.165, 1.54) is 6.42 Å². The minimum Gasteiger partial charge on any atom is -0.480 e. The van der Waals surface area contributed by atoms with E-state index in [0.29, 0.717) is 12.8 Å². The third-order valence-electron chi connectivity index (χ3n) is 7.09.